The molecule has 0 aromatic heterocycles. The van der Waals surface area contributed by atoms with Gasteiger partial charge in [0.1, 0.15) is 0 Å². The van der Waals surface area contributed by atoms with Gasteiger partial charge in [0.15, 0.2) is 0 Å². The Bertz CT molecular complexity index is 315. The molecule has 16 heavy (non-hydrogen) atoms. The lowest BCUT2D eigenvalue weighted by Gasteiger charge is -2.15. The molecular weight excluding hydrogens is 234 g/mol. The zero-order chi connectivity index (χ0) is 11.4. The molecule has 2 unspecified atom stereocenters. The highest BCUT2D eigenvalue weighted by molar-refractivity contribution is 8.00. The maximum atomic E-state index is 3.62. The number of thioether (sulfide) groups is 2. The molecule has 0 bridgehead atoms. The summed E-state index contributed by atoms with van der Waals surface area (Å²) in [5, 5.41) is 4.34. The van der Waals surface area contributed by atoms with Crippen molar-refractivity contribution in [3.63, 3.8) is 0 Å². The molecule has 88 valence electrons. The zero-order valence-electron chi connectivity index (χ0n) is 9.90. The van der Waals surface area contributed by atoms with Crippen molar-refractivity contribution in [3.8, 4) is 0 Å². The molecule has 0 radical (unpaired) electrons. The summed E-state index contributed by atoms with van der Waals surface area (Å²) < 4.78 is 0. The third-order valence-electron chi connectivity index (χ3n) is 2.82. The number of nitrogens with one attached hydrogen (secondary N) is 1. The Kier molecular flexibility index (Phi) is 4.62. The fourth-order valence-corrected chi connectivity index (χ4v) is 3.89. The van der Waals surface area contributed by atoms with Crippen molar-refractivity contribution < 1.29 is 0 Å². The van der Waals surface area contributed by atoms with E-state index in [2.05, 4.69) is 42.8 Å². The fourth-order valence-electron chi connectivity index (χ4n) is 2.01. The van der Waals surface area contributed by atoms with Gasteiger partial charge in [0, 0.05) is 28.5 Å². The summed E-state index contributed by atoms with van der Waals surface area (Å²) in [7, 11) is 0. The van der Waals surface area contributed by atoms with Crippen LogP contribution >= 0.6 is 23.5 Å². The Labute approximate surface area is 107 Å². The second-order valence-electron chi connectivity index (χ2n) is 4.32. The lowest BCUT2D eigenvalue weighted by atomic mass is 10.1. The molecule has 0 fully saturated rings. The Morgan fingerprint density at radius 1 is 1.50 bits per heavy atom. The van der Waals surface area contributed by atoms with E-state index >= 15 is 0 Å². The van der Waals surface area contributed by atoms with Crippen LogP contribution < -0.4 is 5.32 Å². The number of hydrogen-bond donors (Lipinski definition) is 1. The van der Waals surface area contributed by atoms with E-state index in [9.17, 15) is 0 Å². The Morgan fingerprint density at radius 2 is 2.31 bits per heavy atom. The minimum Gasteiger partial charge on any atom is -0.312 e. The van der Waals surface area contributed by atoms with Crippen molar-refractivity contribution in [2.45, 2.75) is 29.5 Å². The maximum absolute atomic E-state index is 3.62. The standard InChI is InChI=1S/C13H19NS2/c1-10(9-15-2)14-8-12-7-11-5-3-4-6-13(11)16-12/h3-6,10,12,14H,7-9H2,1-2H3. The van der Waals surface area contributed by atoms with Gasteiger partial charge in [0.25, 0.3) is 0 Å². The van der Waals surface area contributed by atoms with E-state index in [1.807, 2.05) is 23.5 Å². The van der Waals surface area contributed by atoms with Crippen LogP contribution in [0.2, 0.25) is 0 Å². The SMILES string of the molecule is CSCC(C)NCC1Cc2ccccc2S1. The summed E-state index contributed by atoms with van der Waals surface area (Å²) in [4.78, 5) is 1.48. The largest absolute Gasteiger partial charge is 0.312 e. The molecule has 0 saturated carbocycles. The van der Waals surface area contributed by atoms with E-state index in [1.54, 1.807) is 0 Å². The first kappa shape index (κ1) is 12.3. The normalized spacial score (nSPS) is 20.8. The first-order chi connectivity index (χ1) is 7.79. The molecule has 0 spiro atoms. The van der Waals surface area contributed by atoms with Crippen LogP contribution in [-0.2, 0) is 6.42 Å². The summed E-state index contributed by atoms with van der Waals surface area (Å²) in [5.41, 5.74) is 1.52. The minimum atomic E-state index is 0.624. The molecule has 3 heteroatoms. The molecule has 2 rings (SSSR count). The van der Waals surface area contributed by atoms with Crippen molar-refractivity contribution in [2.24, 2.45) is 0 Å². The molecule has 0 aliphatic carbocycles. The topological polar surface area (TPSA) is 12.0 Å². The molecule has 1 heterocycles. The summed E-state index contributed by atoms with van der Waals surface area (Å²) in [5.74, 6) is 1.20. The van der Waals surface area contributed by atoms with Crippen molar-refractivity contribution >= 4 is 23.5 Å². The number of hydrogen-bond acceptors (Lipinski definition) is 3. The molecule has 1 aliphatic rings. The van der Waals surface area contributed by atoms with Crippen molar-refractivity contribution in [3.05, 3.63) is 29.8 Å². The molecule has 1 N–H and O–H groups in total. The van der Waals surface area contributed by atoms with Gasteiger partial charge in [-0.3, -0.25) is 0 Å². The summed E-state index contributed by atoms with van der Waals surface area (Å²) in [6.07, 6.45) is 3.39. The number of benzene rings is 1. The lowest BCUT2D eigenvalue weighted by molar-refractivity contribution is 0.586. The second-order valence-corrected chi connectivity index (χ2v) is 6.57. The van der Waals surface area contributed by atoms with Gasteiger partial charge in [-0.1, -0.05) is 18.2 Å². The Hall–Kier alpha value is -0.120. The van der Waals surface area contributed by atoms with E-state index in [4.69, 9.17) is 0 Å². The highest BCUT2D eigenvalue weighted by Crippen LogP contribution is 2.36. The van der Waals surface area contributed by atoms with Crippen molar-refractivity contribution in [2.75, 3.05) is 18.6 Å². The van der Waals surface area contributed by atoms with Gasteiger partial charge in [0.05, 0.1) is 0 Å². The van der Waals surface area contributed by atoms with Gasteiger partial charge in [-0.2, -0.15) is 11.8 Å². The van der Waals surface area contributed by atoms with Crippen LogP contribution in [0.25, 0.3) is 0 Å². The third-order valence-corrected chi connectivity index (χ3v) is 4.98. The summed E-state index contributed by atoms with van der Waals surface area (Å²) in [6, 6.07) is 9.40. The smallest absolute Gasteiger partial charge is 0.0260 e. The highest BCUT2D eigenvalue weighted by atomic mass is 32.2. The average molecular weight is 253 g/mol. The van der Waals surface area contributed by atoms with E-state index in [0.29, 0.717) is 6.04 Å². The molecular formula is C13H19NS2. The maximum Gasteiger partial charge on any atom is 0.0260 e. The van der Waals surface area contributed by atoms with Gasteiger partial charge >= 0.3 is 0 Å². The minimum absolute atomic E-state index is 0.624. The predicted octanol–water partition coefficient (Wildman–Crippen LogP) is 3.04. The van der Waals surface area contributed by atoms with E-state index in [0.717, 1.165) is 11.8 Å². The molecule has 0 saturated heterocycles. The Balaban J connectivity index is 1.79. The molecule has 1 aliphatic heterocycles. The van der Waals surface area contributed by atoms with Crippen LogP contribution in [0.4, 0.5) is 0 Å². The van der Waals surface area contributed by atoms with Crippen LogP contribution in [-0.4, -0.2) is 29.8 Å². The average Bonchev–Trinajstić information content (AvgIpc) is 2.69. The molecule has 1 aromatic carbocycles. The van der Waals surface area contributed by atoms with E-state index in [1.165, 1.54) is 22.6 Å². The van der Waals surface area contributed by atoms with Crippen LogP contribution in [0.1, 0.15) is 12.5 Å². The van der Waals surface area contributed by atoms with E-state index in [-0.39, 0.29) is 0 Å². The Morgan fingerprint density at radius 3 is 3.06 bits per heavy atom. The third kappa shape index (κ3) is 3.19. The van der Waals surface area contributed by atoms with Gasteiger partial charge < -0.3 is 5.32 Å². The quantitative estimate of drug-likeness (QED) is 0.866. The fraction of sp³-hybridized carbons (Fsp3) is 0.538. The monoisotopic (exact) mass is 253 g/mol. The predicted molar refractivity (Wildman–Crippen MR) is 75.6 cm³/mol. The molecule has 2 atom stereocenters. The van der Waals surface area contributed by atoms with Crippen LogP contribution in [0.3, 0.4) is 0 Å². The van der Waals surface area contributed by atoms with Gasteiger partial charge in [-0.05, 0) is 31.2 Å². The van der Waals surface area contributed by atoms with Crippen LogP contribution in [0.15, 0.2) is 29.2 Å². The summed E-state index contributed by atoms with van der Waals surface area (Å²) >= 11 is 3.94. The number of fused-ring (bicyclic) bond motifs is 1. The molecule has 1 nitrogen and oxygen atoms in total. The van der Waals surface area contributed by atoms with Crippen molar-refractivity contribution in [1.82, 2.24) is 5.32 Å². The first-order valence-corrected chi connectivity index (χ1v) is 8.04. The van der Waals surface area contributed by atoms with E-state index < -0.39 is 0 Å². The first-order valence-electron chi connectivity index (χ1n) is 5.76. The molecule has 1 aromatic rings. The van der Waals surface area contributed by atoms with Crippen LogP contribution in [0.5, 0.6) is 0 Å². The summed E-state index contributed by atoms with van der Waals surface area (Å²) in [6.45, 7) is 3.39. The van der Waals surface area contributed by atoms with Gasteiger partial charge in [-0.25, -0.2) is 0 Å². The molecule has 0 amide bonds. The zero-order valence-corrected chi connectivity index (χ0v) is 11.5. The van der Waals surface area contributed by atoms with Crippen LogP contribution in [0, 0.1) is 0 Å². The lowest BCUT2D eigenvalue weighted by Crippen LogP contribution is -2.33. The highest BCUT2D eigenvalue weighted by Gasteiger charge is 2.21. The van der Waals surface area contributed by atoms with Gasteiger partial charge in [0.2, 0.25) is 0 Å². The van der Waals surface area contributed by atoms with Gasteiger partial charge in [-0.15, -0.1) is 11.8 Å². The second kappa shape index (κ2) is 5.99. The number of rotatable bonds is 5. The van der Waals surface area contributed by atoms with Crippen molar-refractivity contribution in [1.29, 1.82) is 0 Å².